The van der Waals surface area contributed by atoms with Crippen molar-refractivity contribution >= 4 is 90.6 Å². The van der Waals surface area contributed by atoms with E-state index in [4.69, 9.17) is 0 Å². The lowest BCUT2D eigenvalue weighted by atomic mass is 10.1. The highest BCUT2D eigenvalue weighted by Crippen LogP contribution is 2.36. The van der Waals surface area contributed by atoms with Crippen molar-refractivity contribution in [1.29, 1.82) is 0 Å². The molecule has 0 aliphatic rings. The lowest BCUT2D eigenvalue weighted by Crippen LogP contribution is -2.42. The summed E-state index contributed by atoms with van der Waals surface area (Å²) in [5, 5.41) is 27.1. The smallest absolute Gasteiger partial charge is 0.342 e. The molecule has 6 aromatic rings. The number of hydrogen-bond acceptors (Lipinski definition) is 13. The number of phenolic OH excluding ortho intramolecular Hbond substituents is 2. The molecular weight excluding hydrogens is 813 g/mol. The molecule has 0 radical (unpaired) electrons. The second-order valence-corrected chi connectivity index (χ2v) is 18.5. The summed E-state index contributed by atoms with van der Waals surface area (Å²) in [7, 11) is -18.6. The fourth-order valence-corrected chi connectivity index (χ4v) is 9.77. The number of rotatable bonds is 10. The lowest BCUT2D eigenvalue weighted by Gasteiger charge is -2.15. The van der Waals surface area contributed by atoms with Gasteiger partial charge in [-0.2, -0.15) is 16.8 Å². The van der Waals surface area contributed by atoms with Gasteiger partial charge in [0, 0.05) is 56.4 Å². The lowest BCUT2D eigenvalue weighted by molar-refractivity contribution is 0.250. The molecule has 0 spiro atoms. The number of sulfonamides is 2. The highest BCUT2D eigenvalue weighted by Gasteiger charge is 2.26. The van der Waals surface area contributed by atoms with Gasteiger partial charge in [-0.3, -0.25) is 9.11 Å². The van der Waals surface area contributed by atoms with Crippen molar-refractivity contribution in [3.05, 3.63) is 108 Å². The molecule has 21 heteroatoms. The van der Waals surface area contributed by atoms with E-state index in [2.05, 4.69) is 10.6 Å². The molecule has 0 saturated carbocycles. The van der Waals surface area contributed by atoms with Crippen LogP contribution in [0.25, 0.3) is 21.5 Å². The van der Waals surface area contributed by atoms with E-state index in [1.54, 1.807) is 9.44 Å². The Balaban J connectivity index is 1.16. The number of urea groups is 1. The highest BCUT2D eigenvalue weighted by atomic mass is 32.2. The zero-order valence-corrected chi connectivity index (χ0v) is 32.1. The first-order valence-electron chi connectivity index (χ1n) is 15.8. The molecule has 8 N–H and O–H groups in total. The maximum atomic E-state index is 13.2. The second kappa shape index (κ2) is 14.3. The highest BCUT2D eigenvalue weighted by molar-refractivity contribution is 7.91. The van der Waals surface area contributed by atoms with E-state index in [-0.39, 0.29) is 76.7 Å². The number of carbonyl (C=O) groups excluding carboxylic acids is 1. The number of fused-ring (bicyclic) bond motifs is 2. The Labute approximate surface area is 320 Å². The normalized spacial score (nSPS) is 12.4. The molecular formula is C35H30N4O13S4. The van der Waals surface area contributed by atoms with E-state index in [9.17, 15) is 57.8 Å². The predicted molar refractivity (Wildman–Crippen MR) is 206 cm³/mol. The van der Waals surface area contributed by atoms with Crippen molar-refractivity contribution in [3.8, 4) is 11.5 Å². The number of hydrogen-bond donors (Lipinski definition) is 8. The summed E-state index contributed by atoms with van der Waals surface area (Å²) in [6.07, 6.45) is 0. The molecule has 0 saturated heterocycles. The maximum Gasteiger partial charge on any atom is 0.342 e. The molecule has 0 fully saturated rings. The Morgan fingerprint density at radius 1 is 0.464 bits per heavy atom. The summed E-state index contributed by atoms with van der Waals surface area (Å²) in [6, 6.07) is 19.2. The van der Waals surface area contributed by atoms with Crippen LogP contribution in [0.15, 0.2) is 117 Å². The summed E-state index contributed by atoms with van der Waals surface area (Å²) in [4.78, 5) is 11.1. The first-order chi connectivity index (χ1) is 26.0. The molecule has 0 aromatic heterocycles. The van der Waals surface area contributed by atoms with Crippen LogP contribution in [0.3, 0.4) is 0 Å². The van der Waals surface area contributed by atoms with Crippen molar-refractivity contribution in [2.24, 2.45) is 0 Å². The molecule has 0 atom stereocenters. The van der Waals surface area contributed by atoms with Gasteiger partial charge in [-0.15, -0.1) is 0 Å². The zero-order chi connectivity index (χ0) is 41.0. The Bertz CT molecular complexity index is 2880. The molecule has 292 valence electrons. The minimum atomic E-state index is -4.65. The van der Waals surface area contributed by atoms with Crippen molar-refractivity contribution in [2.45, 2.75) is 33.4 Å². The first kappa shape index (κ1) is 39.7. The fraction of sp³-hybridized carbons (Fsp3) is 0.0571. The van der Waals surface area contributed by atoms with Crippen LogP contribution < -0.4 is 20.1 Å². The molecule has 6 aromatic carbocycles. The molecule has 0 bridgehead atoms. The zero-order valence-electron chi connectivity index (χ0n) is 28.8. The number of aryl methyl sites for hydroxylation is 2. The van der Waals surface area contributed by atoms with Crippen LogP contribution in [0.1, 0.15) is 11.1 Å². The maximum absolute atomic E-state index is 13.2. The summed E-state index contributed by atoms with van der Waals surface area (Å²) >= 11 is 0. The van der Waals surface area contributed by atoms with Gasteiger partial charge in [-0.05, 0) is 85.6 Å². The third-order valence-corrected chi connectivity index (χ3v) is 13.2. The van der Waals surface area contributed by atoms with Crippen LogP contribution in [0, 0.1) is 13.8 Å². The minimum Gasteiger partial charge on any atom is -0.507 e. The Morgan fingerprint density at radius 3 is 1.18 bits per heavy atom. The van der Waals surface area contributed by atoms with Gasteiger partial charge in [0.15, 0.2) is 0 Å². The van der Waals surface area contributed by atoms with Crippen LogP contribution in [0.4, 0.5) is 27.5 Å². The molecule has 56 heavy (non-hydrogen) atoms. The summed E-state index contributed by atoms with van der Waals surface area (Å²) in [5.41, 5.74) is 1.15. The third-order valence-electron chi connectivity index (χ3n) is 8.38. The minimum absolute atomic E-state index is 0.0164. The van der Waals surface area contributed by atoms with Crippen LogP contribution in [0.5, 0.6) is 11.5 Å². The Kier molecular flexibility index (Phi) is 10.1. The van der Waals surface area contributed by atoms with Crippen LogP contribution in [0.2, 0.25) is 0 Å². The van der Waals surface area contributed by atoms with Crippen molar-refractivity contribution < 1.29 is 57.8 Å². The average Bonchev–Trinajstić information content (AvgIpc) is 3.06. The van der Waals surface area contributed by atoms with E-state index < -0.39 is 56.1 Å². The molecule has 0 unspecified atom stereocenters. The molecule has 6 rings (SSSR count). The SMILES string of the molecule is Cc1cc(Nc2cc(O)c3cccc(S(=O)(=O)O)c3c2)ccc1S(=O)(=O)NC(=O)NS(=O)(=O)c1ccc(Nc2cc(O)c3cccc(S(=O)(=O)O)c3c2)cc1C. The number of anilines is 4. The molecule has 0 aliphatic carbocycles. The number of amides is 2. The molecule has 2 amide bonds. The molecule has 0 heterocycles. The van der Waals surface area contributed by atoms with Crippen LogP contribution >= 0.6 is 0 Å². The van der Waals surface area contributed by atoms with E-state index in [0.29, 0.717) is 0 Å². The largest absolute Gasteiger partial charge is 0.507 e. The number of benzene rings is 6. The predicted octanol–water partition coefficient (Wildman–Crippen LogP) is 5.38. The van der Waals surface area contributed by atoms with Gasteiger partial charge in [0.25, 0.3) is 40.3 Å². The van der Waals surface area contributed by atoms with Crippen molar-refractivity contribution in [3.63, 3.8) is 0 Å². The van der Waals surface area contributed by atoms with Crippen molar-refractivity contribution in [2.75, 3.05) is 10.6 Å². The van der Waals surface area contributed by atoms with Gasteiger partial charge in [0.05, 0.1) is 9.79 Å². The second-order valence-electron chi connectivity index (χ2n) is 12.4. The van der Waals surface area contributed by atoms with Crippen LogP contribution in [-0.2, 0) is 40.3 Å². The summed E-state index contributed by atoms with van der Waals surface area (Å²) in [6.45, 7) is 2.79. The van der Waals surface area contributed by atoms with Gasteiger partial charge in [-0.25, -0.2) is 31.1 Å². The van der Waals surface area contributed by atoms with Crippen LogP contribution in [-0.4, -0.2) is 59.0 Å². The van der Waals surface area contributed by atoms with Gasteiger partial charge in [0.1, 0.15) is 21.3 Å². The average molecular weight is 843 g/mol. The number of phenols is 2. The standard InChI is InChI=1S/C35H30N4O13S4/c1-19-13-21(36-23-15-27-25(29(40)17-23)5-3-7-33(27)55(47,48)49)9-11-31(19)53(43,44)38-35(42)39-54(45,46)32-12-10-22(14-20(32)2)37-24-16-28-26(30(41)18-24)6-4-8-34(28)56(50,51)52/h3-18,36-37,40-41H,1-2H3,(H2,38,39,42)(H,47,48,49)(H,50,51,52). The van der Waals surface area contributed by atoms with Gasteiger partial charge in [0.2, 0.25) is 0 Å². The van der Waals surface area contributed by atoms with E-state index in [1.807, 2.05) is 0 Å². The number of aromatic hydroxyl groups is 2. The van der Waals surface area contributed by atoms with E-state index >= 15 is 0 Å². The monoisotopic (exact) mass is 842 g/mol. The third kappa shape index (κ3) is 8.17. The van der Waals surface area contributed by atoms with Gasteiger partial charge < -0.3 is 20.8 Å². The first-order valence-corrected chi connectivity index (χ1v) is 21.7. The number of carbonyl (C=O) groups is 1. The van der Waals surface area contributed by atoms with E-state index in [1.165, 1.54) is 86.6 Å². The topological polar surface area (TPSA) is 283 Å². The molecule has 0 aliphatic heterocycles. The summed E-state index contributed by atoms with van der Waals surface area (Å²) < 4.78 is 123. The number of nitrogens with one attached hydrogen (secondary N) is 4. The van der Waals surface area contributed by atoms with E-state index in [0.717, 1.165) is 24.3 Å². The van der Waals surface area contributed by atoms with Gasteiger partial charge in [-0.1, -0.05) is 24.3 Å². The summed E-state index contributed by atoms with van der Waals surface area (Å²) in [5.74, 6) is -0.610. The van der Waals surface area contributed by atoms with Gasteiger partial charge >= 0.3 is 6.03 Å². The molecule has 17 nitrogen and oxygen atoms in total. The fourth-order valence-electron chi connectivity index (χ4n) is 6.04. The quantitative estimate of drug-likeness (QED) is 0.0804. The van der Waals surface area contributed by atoms with Crippen molar-refractivity contribution in [1.82, 2.24) is 9.44 Å². The Hall–Kier alpha value is -5.97. The Morgan fingerprint density at radius 2 is 0.839 bits per heavy atom.